The van der Waals surface area contributed by atoms with Crippen molar-refractivity contribution in [2.24, 2.45) is 5.73 Å². The minimum Gasteiger partial charge on any atom is -0.338 e. The summed E-state index contributed by atoms with van der Waals surface area (Å²) in [5.41, 5.74) is 7.91. The van der Waals surface area contributed by atoms with E-state index >= 15 is 0 Å². The molecule has 0 aliphatic carbocycles. The molecule has 0 saturated carbocycles. The lowest BCUT2D eigenvalue weighted by Crippen LogP contribution is -2.38. The van der Waals surface area contributed by atoms with Crippen LogP contribution in [0.1, 0.15) is 12.0 Å². The van der Waals surface area contributed by atoms with E-state index in [4.69, 9.17) is 5.73 Å². The normalized spacial score (nSPS) is 15.8. The van der Waals surface area contributed by atoms with E-state index in [1.165, 1.54) is 11.1 Å². The predicted octanol–water partition coefficient (Wildman–Crippen LogP) is 1.26. The smallest absolute Gasteiger partial charge is 0.236 e. The Kier molecular flexibility index (Phi) is 3.37. The van der Waals surface area contributed by atoms with Crippen molar-refractivity contribution in [2.45, 2.75) is 6.42 Å². The number of rotatable bonds is 2. The third kappa shape index (κ3) is 2.31. The van der Waals surface area contributed by atoms with Gasteiger partial charge in [-0.2, -0.15) is 0 Å². The van der Waals surface area contributed by atoms with Gasteiger partial charge >= 0.3 is 0 Å². The van der Waals surface area contributed by atoms with Crippen molar-refractivity contribution >= 4 is 11.5 Å². The lowest BCUT2D eigenvalue weighted by Gasteiger charge is -2.26. The highest BCUT2D eigenvalue weighted by atomic mass is 16.2. The Labute approximate surface area is 95.6 Å². The van der Waals surface area contributed by atoms with Crippen LogP contribution in [0, 0.1) is 0 Å². The van der Waals surface area contributed by atoms with Crippen LogP contribution in [0.5, 0.6) is 0 Å². The number of amides is 1. The van der Waals surface area contributed by atoms with Gasteiger partial charge < -0.3 is 10.6 Å². The first kappa shape index (κ1) is 10.9. The minimum absolute atomic E-state index is 0.0309. The summed E-state index contributed by atoms with van der Waals surface area (Å²) in [5.74, 6) is 0.0309. The fourth-order valence-corrected chi connectivity index (χ4v) is 1.94. The van der Waals surface area contributed by atoms with Gasteiger partial charge in [-0.05, 0) is 17.6 Å². The molecule has 1 aromatic carbocycles. The van der Waals surface area contributed by atoms with E-state index in [1.54, 1.807) is 4.90 Å². The zero-order chi connectivity index (χ0) is 11.4. The zero-order valence-corrected chi connectivity index (χ0v) is 9.23. The largest absolute Gasteiger partial charge is 0.338 e. The first-order valence-corrected chi connectivity index (χ1v) is 5.53. The number of hydrogen-bond donors (Lipinski definition) is 1. The number of benzene rings is 1. The molecule has 3 heteroatoms. The summed E-state index contributed by atoms with van der Waals surface area (Å²) >= 11 is 0. The SMILES string of the molecule is NCC(=O)N1CC=C(c2ccccc2)CC1. The van der Waals surface area contributed by atoms with E-state index in [2.05, 4.69) is 18.2 Å². The molecule has 1 amide bonds. The molecule has 1 aromatic rings. The fraction of sp³-hybridized carbons (Fsp3) is 0.308. The maximum absolute atomic E-state index is 11.4. The van der Waals surface area contributed by atoms with E-state index in [1.807, 2.05) is 18.2 Å². The van der Waals surface area contributed by atoms with Crippen molar-refractivity contribution in [1.29, 1.82) is 0 Å². The number of hydrogen-bond acceptors (Lipinski definition) is 2. The van der Waals surface area contributed by atoms with Gasteiger partial charge in [-0.15, -0.1) is 0 Å². The molecule has 0 radical (unpaired) electrons. The Morgan fingerprint density at radius 1 is 1.31 bits per heavy atom. The van der Waals surface area contributed by atoms with Crippen LogP contribution >= 0.6 is 0 Å². The molecule has 0 saturated heterocycles. The second kappa shape index (κ2) is 4.94. The number of carbonyl (C=O) groups excluding carboxylic acids is 1. The standard InChI is InChI=1S/C13H16N2O/c14-10-13(16)15-8-6-12(7-9-15)11-4-2-1-3-5-11/h1-6H,7-10,14H2. The average Bonchev–Trinajstić information content (AvgIpc) is 2.39. The van der Waals surface area contributed by atoms with Gasteiger partial charge in [-0.1, -0.05) is 36.4 Å². The van der Waals surface area contributed by atoms with Crippen LogP contribution in [-0.2, 0) is 4.79 Å². The lowest BCUT2D eigenvalue weighted by atomic mass is 9.99. The molecular weight excluding hydrogens is 200 g/mol. The first-order valence-electron chi connectivity index (χ1n) is 5.53. The molecule has 0 unspecified atom stereocenters. The second-order valence-corrected chi connectivity index (χ2v) is 3.89. The highest BCUT2D eigenvalue weighted by molar-refractivity contribution is 5.79. The van der Waals surface area contributed by atoms with Crippen LogP contribution < -0.4 is 5.73 Å². The number of nitrogens with two attached hydrogens (primary N) is 1. The van der Waals surface area contributed by atoms with Crippen molar-refractivity contribution in [3.05, 3.63) is 42.0 Å². The van der Waals surface area contributed by atoms with E-state index < -0.39 is 0 Å². The summed E-state index contributed by atoms with van der Waals surface area (Å²) < 4.78 is 0. The van der Waals surface area contributed by atoms with Crippen LogP contribution in [0.3, 0.4) is 0 Å². The van der Waals surface area contributed by atoms with Crippen molar-refractivity contribution in [1.82, 2.24) is 4.90 Å². The fourth-order valence-electron chi connectivity index (χ4n) is 1.94. The molecule has 3 nitrogen and oxygen atoms in total. The van der Waals surface area contributed by atoms with Crippen molar-refractivity contribution in [3.63, 3.8) is 0 Å². The Morgan fingerprint density at radius 2 is 2.06 bits per heavy atom. The van der Waals surface area contributed by atoms with Crippen LogP contribution in [0.25, 0.3) is 5.57 Å². The van der Waals surface area contributed by atoms with Crippen molar-refractivity contribution < 1.29 is 4.79 Å². The molecule has 0 fully saturated rings. The molecule has 0 aromatic heterocycles. The Bertz CT molecular complexity index is 398. The van der Waals surface area contributed by atoms with Crippen LogP contribution in [0.2, 0.25) is 0 Å². The Morgan fingerprint density at radius 3 is 2.62 bits per heavy atom. The summed E-state index contributed by atoms with van der Waals surface area (Å²) in [5, 5.41) is 0. The molecule has 1 aliphatic heterocycles. The summed E-state index contributed by atoms with van der Waals surface area (Å²) in [7, 11) is 0. The van der Waals surface area contributed by atoms with Gasteiger partial charge in [0.05, 0.1) is 6.54 Å². The highest BCUT2D eigenvalue weighted by Crippen LogP contribution is 2.21. The summed E-state index contributed by atoms with van der Waals surface area (Å²) in [6.45, 7) is 1.56. The first-order chi connectivity index (χ1) is 7.81. The minimum atomic E-state index is 0.0309. The van der Waals surface area contributed by atoms with Gasteiger partial charge in [0, 0.05) is 13.1 Å². The van der Waals surface area contributed by atoms with Gasteiger partial charge in [-0.3, -0.25) is 4.79 Å². The predicted molar refractivity (Wildman–Crippen MR) is 64.7 cm³/mol. The third-order valence-corrected chi connectivity index (χ3v) is 2.88. The van der Waals surface area contributed by atoms with Gasteiger partial charge in [-0.25, -0.2) is 0 Å². The van der Waals surface area contributed by atoms with Gasteiger partial charge in [0.1, 0.15) is 0 Å². The highest BCUT2D eigenvalue weighted by Gasteiger charge is 2.16. The van der Waals surface area contributed by atoms with Gasteiger partial charge in [0.15, 0.2) is 0 Å². The molecule has 84 valence electrons. The molecule has 2 N–H and O–H groups in total. The number of nitrogens with zero attached hydrogens (tertiary/aromatic N) is 1. The molecule has 1 heterocycles. The summed E-state index contributed by atoms with van der Waals surface area (Å²) in [6.07, 6.45) is 3.03. The summed E-state index contributed by atoms with van der Waals surface area (Å²) in [6, 6.07) is 10.3. The van der Waals surface area contributed by atoms with E-state index in [0.717, 1.165) is 13.0 Å². The monoisotopic (exact) mass is 216 g/mol. The molecule has 16 heavy (non-hydrogen) atoms. The number of carbonyl (C=O) groups is 1. The quantitative estimate of drug-likeness (QED) is 0.809. The maximum Gasteiger partial charge on any atom is 0.236 e. The van der Waals surface area contributed by atoms with E-state index in [9.17, 15) is 4.79 Å². The van der Waals surface area contributed by atoms with Crippen LogP contribution in [-0.4, -0.2) is 30.4 Å². The van der Waals surface area contributed by atoms with Crippen molar-refractivity contribution in [2.75, 3.05) is 19.6 Å². The molecular formula is C13H16N2O. The van der Waals surface area contributed by atoms with E-state index in [0.29, 0.717) is 6.54 Å². The molecule has 0 atom stereocenters. The zero-order valence-electron chi connectivity index (χ0n) is 9.23. The Hall–Kier alpha value is -1.61. The van der Waals surface area contributed by atoms with Crippen LogP contribution in [0.4, 0.5) is 0 Å². The third-order valence-electron chi connectivity index (χ3n) is 2.88. The second-order valence-electron chi connectivity index (χ2n) is 3.89. The molecule has 0 spiro atoms. The van der Waals surface area contributed by atoms with E-state index in [-0.39, 0.29) is 12.5 Å². The van der Waals surface area contributed by atoms with Crippen molar-refractivity contribution in [3.8, 4) is 0 Å². The Balaban J connectivity index is 2.07. The van der Waals surface area contributed by atoms with Crippen LogP contribution in [0.15, 0.2) is 36.4 Å². The topological polar surface area (TPSA) is 46.3 Å². The maximum atomic E-state index is 11.4. The van der Waals surface area contributed by atoms with Gasteiger partial charge in [0.2, 0.25) is 5.91 Å². The lowest BCUT2D eigenvalue weighted by molar-refractivity contribution is -0.129. The molecule has 2 rings (SSSR count). The molecule has 0 bridgehead atoms. The summed E-state index contributed by atoms with van der Waals surface area (Å²) in [4.78, 5) is 13.2. The van der Waals surface area contributed by atoms with Gasteiger partial charge in [0.25, 0.3) is 0 Å². The average molecular weight is 216 g/mol. The molecule has 1 aliphatic rings.